The lowest BCUT2D eigenvalue weighted by molar-refractivity contribution is 0.0979. The molecule has 5 nitrogen and oxygen atoms in total. The quantitative estimate of drug-likeness (QED) is 0.836. The van der Waals surface area contributed by atoms with E-state index in [1.54, 1.807) is 4.90 Å². The minimum absolute atomic E-state index is 0.177. The summed E-state index contributed by atoms with van der Waals surface area (Å²) in [5, 5.41) is 6.09. The number of carbonyl (C=O) groups excluding carboxylic acids is 1. The Morgan fingerprint density at radius 2 is 2.05 bits per heavy atom. The van der Waals surface area contributed by atoms with Gasteiger partial charge in [-0.05, 0) is 30.5 Å². The fourth-order valence-corrected chi connectivity index (χ4v) is 2.35. The molecule has 0 fully saturated rings. The van der Waals surface area contributed by atoms with Crippen LogP contribution in [-0.2, 0) is 6.42 Å². The van der Waals surface area contributed by atoms with Crippen LogP contribution in [0, 0.1) is 0 Å². The van der Waals surface area contributed by atoms with Crippen molar-refractivity contribution in [2.75, 3.05) is 11.4 Å². The number of anilines is 1. The van der Waals surface area contributed by atoms with E-state index in [0.29, 0.717) is 6.54 Å². The van der Waals surface area contributed by atoms with Gasteiger partial charge < -0.3 is 4.90 Å². The topological polar surface area (TPSA) is 66.1 Å². The number of nitrogens with zero attached hydrogens (tertiary/aromatic N) is 2. The van der Waals surface area contributed by atoms with E-state index >= 15 is 0 Å². The highest BCUT2D eigenvalue weighted by atomic mass is 16.2. The van der Waals surface area contributed by atoms with E-state index in [1.807, 2.05) is 24.3 Å². The van der Waals surface area contributed by atoms with E-state index in [9.17, 15) is 9.59 Å². The molecular weight excluding hydrogens is 242 g/mol. The Hall–Kier alpha value is -2.43. The lowest BCUT2D eigenvalue weighted by Gasteiger charge is -2.29. The van der Waals surface area contributed by atoms with E-state index in [2.05, 4.69) is 10.2 Å². The number of nitrogens with one attached hydrogen (secondary N) is 1. The number of aromatic amines is 1. The summed E-state index contributed by atoms with van der Waals surface area (Å²) in [6, 6.07) is 10.7. The number of hydrogen-bond acceptors (Lipinski definition) is 3. The molecule has 0 saturated heterocycles. The van der Waals surface area contributed by atoms with Gasteiger partial charge >= 0.3 is 0 Å². The Bertz CT molecular complexity index is 658. The largest absolute Gasteiger partial charge is 0.307 e. The number of hydrogen-bond donors (Lipinski definition) is 1. The standard InChI is InChI=1S/C14H13N3O2/c18-13-8-7-11(15-16-13)14(19)17-9-3-5-10-4-1-2-6-12(10)17/h1-2,4,6-8H,3,5,9H2,(H,16,18). The Labute approximate surface area is 109 Å². The van der Waals surface area contributed by atoms with Crippen molar-refractivity contribution in [3.63, 3.8) is 0 Å². The van der Waals surface area contributed by atoms with Crippen LogP contribution in [0.5, 0.6) is 0 Å². The molecule has 0 radical (unpaired) electrons. The van der Waals surface area contributed by atoms with Gasteiger partial charge in [0, 0.05) is 18.3 Å². The van der Waals surface area contributed by atoms with Crippen LogP contribution < -0.4 is 10.5 Å². The highest BCUT2D eigenvalue weighted by Crippen LogP contribution is 2.27. The third-order valence-corrected chi connectivity index (χ3v) is 3.25. The van der Waals surface area contributed by atoms with Crippen LogP contribution in [0.25, 0.3) is 0 Å². The molecule has 0 saturated carbocycles. The molecular formula is C14H13N3O2. The Kier molecular flexibility index (Phi) is 2.87. The number of para-hydroxylation sites is 1. The second-order valence-electron chi connectivity index (χ2n) is 4.50. The predicted molar refractivity (Wildman–Crippen MR) is 71.3 cm³/mol. The molecule has 0 spiro atoms. The van der Waals surface area contributed by atoms with Crippen molar-refractivity contribution < 1.29 is 4.79 Å². The molecule has 0 bridgehead atoms. The van der Waals surface area contributed by atoms with Gasteiger partial charge in [0.25, 0.3) is 11.5 Å². The smallest absolute Gasteiger partial charge is 0.278 e. The van der Waals surface area contributed by atoms with Crippen LogP contribution in [0.3, 0.4) is 0 Å². The Morgan fingerprint density at radius 3 is 2.84 bits per heavy atom. The van der Waals surface area contributed by atoms with Crippen molar-refractivity contribution in [3.05, 3.63) is 58.0 Å². The van der Waals surface area contributed by atoms with Gasteiger partial charge in [-0.2, -0.15) is 5.10 Å². The number of aryl methyl sites for hydroxylation is 1. The lowest BCUT2D eigenvalue weighted by Crippen LogP contribution is -2.36. The summed E-state index contributed by atoms with van der Waals surface area (Å²) in [7, 11) is 0. The van der Waals surface area contributed by atoms with Crippen LogP contribution in [0.15, 0.2) is 41.2 Å². The summed E-state index contributed by atoms with van der Waals surface area (Å²) < 4.78 is 0. The zero-order valence-corrected chi connectivity index (χ0v) is 10.3. The molecule has 3 rings (SSSR count). The highest BCUT2D eigenvalue weighted by Gasteiger charge is 2.24. The monoisotopic (exact) mass is 255 g/mol. The fraction of sp³-hybridized carbons (Fsp3) is 0.214. The molecule has 19 heavy (non-hydrogen) atoms. The lowest BCUT2D eigenvalue weighted by atomic mass is 10.0. The van der Waals surface area contributed by atoms with Gasteiger partial charge in [0.1, 0.15) is 5.69 Å². The summed E-state index contributed by atoms with van der Waals surface area (Å²) in [6.07, 6.45) is 1.92. The number of fused-ring (bicyclic) bond motifs is 1. The molecule has 0 aliphatic carbocycles. The number of rotatable bonds is 1. The van der Waals surface area contributed by atoms with Crippen molar-refractivity contribution in [2.24, 2.45) is 0 Å². The average molecular weight is 255 g/mol. The summed E-state index contributed by atoms with van der Waals surface area (Å²) in [5.41, 5.74) is 2.06. The van der Waals surface area contributed by atoms with E-state index in [-0.39, 0.29) is 17.2 Å². The molecule has 1 amide bonds. The third kappa shape index (κ3) is 2.14. The second kappa shape index (κ2) is 4.68. The highest BCUT2D eigenvalue weighted by molar-refractivity contribution is 6.05. The van der Waals surface area contributed by atoms with Gasteiger partial charge in [-0.15, -0.1) is 0 Å². The molecule has 2 aromatic rings. The molecule has 2 heterocycles. The van der Waals surface area contributed by atoms with Crippen molar-refractivity contribution in [2.45, 2.75) is 12.8 Å². The van der Waals surface area contributed by atoms with E-state index in [4.69, 9.17) is 0 Å². The Morgan fingerprint density at radius 1 is 1.21 bits per heavy atom. The molecule has 1 aliphatic heterocycles. The first-order valence-corrected chi connectivity index (χ1v) is 6.21. The molecule has 0 atom stereocenters. The third-order valence-electron chi connectivity index (χ3n) is 3.25. The maximum Gasteiger partial charge on any atom is 0.278 e. The summed E-state index contributed by atoms with van der Waals surface area (Å²) in [5.74, 6) is -0.177. The normalized spacial score (nSPS) is 14.0. The van der Waals surface area contributed by atoms with Gasteiger partial charge in [0.2, 0.25) is 0 Å². The molecule has 1 aliphatic rings. The first kappa shape index (κ1) is 11.6. The number of aromatic nitrogens is 2. The summed E-state index contributed by atoms with van der Waals surface area (Å²) in [6.45, 7) is 0.677. The van der Waals surface area contributed by atoms with Crippen molar-refractivity contribution >= 4 is 11.6 Å². The zero-order chi connectivity index (χ0) is 13.2. The maximum atomic E-state index is 12.4. The van der Waals surface area contributed by atoms with Gasteiger partial charge in [-0.1, -0.05) is 18.2 Å². The average Bonchev–Trinajstić information content (AvgIpc) is 2.47. The second-order valence-corrected chi connectivity index (χ2v) is 4.50. The summed E-state index contributed by atoms with van der Waals surface area (Å²) in [4.78, 5) is 25.1. The minimum Gasteiger partial charge on any atom is -0.307 e. The van der Waals surface area contributed by atoms with Crippen molar-refractivity contribution in [1.29, 1.82) is 0 Å². The first-order valence-electron chi connectivity index (χ1n) is 6.21. The van der Waals surface area contributed by atoms with E-state index < -0.39 is 0 Å². The summed E-state index contributed by atoms with van der Waals surface area (Å²) >= 11 is 0. The van der Waals surface area contributed by atoms with Crippen LogP contribution >= 0.6 is 0 Å². The van der Waals surface area contributed by atoms with Gasteiger partial charge in [0.05, 0.1) is 0 Å². The predicted octanol–water partition coefficient (Wildman–Crippen LogP) is 1.36. The number of benzene rings is 1. The number of H-pyrrole nitrogens is 1. The van der Waals surface area contributed by atoms with Gasteiger partial charge in [-0.25, -0.2) is 5.10 Å². The molecule has 0 unspecified atom stereocenters. The van der Waals surface area contributed by atoms with Crippen LogP contribution in [0.1, 0.15) is 22.5 Å². The van der Waals surface area contributed by atoms with E-state index in [1.165, 1.54) is 17.7 Å². The SMILES string of the molecule is O=C(c1ccc(=O)[nH]n1)N1CCCc2ccccc21. The Balaban J connectivity index is 1.97. The van der Waals surface area contributed by atoms with Gasteiger partial charge in [-0.3, -0.25) is 9.59 Å². The first-order chi connectivity index (χ1) is 9.25. The molecule has 96 valence electrons. The molecule has 5 heteroatoms. The fourth-order valence-electron chi connectivity index (χ4n) is 2.35. The minimum atomic E-state index is -0.310. The van der Waals surface area contributed by atoms with Crippen LogP contribution in [-0.4, -0.2) is 22.6 Å². The van der Waals surface area contributed by atoms with Crippen molar-refractivity contribution in [1.82, 2.24) is 10.2 Å². The number of amides is 1. The maximum absolute atomic E-state index is 12.4. The van der Waals surface area contributed by atoms with Crippen LogP contribution in [0.2, 0.25) is 0 Å². The van der Waals surface area contributed by atoms with Gasteiger partial charge in [0.15, 0.2) is 0 Å². The van der Waals surface area contributed by atoms with Crippen molar-refractivity contribution in [3.8, 4) is 0 Å². The number of carbonyl (C=O) groups is 1. The van der Waals surface area contributed by atoms with E-state index in [0.717, 1.165) is 18.5 Å². The van der Waals surface area contributed by atoms with Crippen LogP contribution in [0.4, 0.5) is 5.69 Å². The molecule has 1 N–H and O–H groups in total. The molecule has 1 aromatic carbocycles. The molecule has 1 aromatic heterocycles. The zero-order valence-electron chi connectivity index (χ0n) is 10.3.